The lowest BCUT2D eigenvalue weighted by Crippen LogP contribution is -2.16. The third kappa shape index (κ3) is 1.50. The minimum atomic E-state index is -0.0272. The van der Waals surface area contributed by atoms with Crippen molar-refractivity contribution >= 4 is 0 Å². The molecule has 0 radical (unpaired) electrons. The zero-order valence-corrected chi connectivity index (χ0v) is 7.89. The first-order valence-corrected chi connectivity index (χ1v) is 4.86. The maximum Gasteiger partial charge on any atom is 0.267 e. The summed E-state index contributed by atoms with van der Waals surface area (Å²) >= 11 is 0. The number of nitrogens with zero attached hydrogens (tertiary/aromatic N) is 1. The third-order valence-electron chi connectivity index (χ3n) is 2.77. The molecule has 0 bridgehead atoms. The molecular formula is C10H14N2O. The van der Waals surface area contributed by atoms with Crippen molar-refractivity contribution in [2.45, 2.75) is 39.0 Å². The van der Waals surface area contributed by atoms with Crippen LogP contribution < -0.4 is 5.56 Å². The molecule has 0 unspecified atom stereocenters. The Labute approximate surface area is 77.2 Å². The monoisotopic (exact) mass is 178 g/mol. The Hall–Kier alpha value is -1.12. The molecule has 1 aromatic heterocycles. The zero-order chi connectivity index (χ0) is 9.26. The van der Waals surface area contributed by atoms with Gasteiger partial charge in [-0.05, 0) is 38.2 Å². The molecule has 70 valence electrons. The summed E-state index contributed by atoms with van der Waals surface area (Å²) in [6.07, 6.45) is 5.69. The minimum Gasteiger partial charge on any atom is -0.268 e. The van der Waals surface area contributed by atoms with E-state index in [-0.39, 0.29) is 5.56 Å². The first kappa shape index (κ1) is 8.48. The summed E-state index contributed by atoms with van der Waals surface area (Å²) in [5, 5.41) is 6.65. The number of rotatable bonds is 0. The molecule has 13 heavy (non-hydrogen) atoms. The van der Waals surface area contributed by atoms with Crippen LogP contribution in [-0.2, 0) is 12.8 Å². The predicted molar refractivity (Wildman–Crippen MR) is 50.9 cm³/mol. The number of fused-ring (bicyclic) bond motifs is 1. The fourth-order valence-corrected chi connectivity index (χ4v) is 1.93. The molecule has 0 aromatic carbocycles. The van der Waals surface area contributed by atoms with Gasteiger partial charge >= 0.3 is 0 Å². The number of aryl methyl sites for hydroxylation is 1. The second-order valence-electron chi connectivity index (χ2n) is 3.66. The lowest BCUT2D eigenvalue weighted by atomic mass is 10.1. The summed E-state index contributed by atoms with van der Waals surface area (Å²) in [7, 11) is 0. The van der Waals surface area contributed by atoms with Crippen molar-refractivity contribution in [3.05, 3.63) is 27.2 Å². The smallest absolute Gasteiger partial charge is 0.267 e. The standard InChI is InChI=1S/C10H14N2O/c1-7-8-5-3-2-4-6-9(8)11-12-10(7)13/h2-6H2,1H3,(H,12,13). The molecule has 1 aliphatic carbocycles. The highest BCUT2D eigenvalue weighted by Crippen LogP contribution is 2.18. The van der Waals surface area contributed by atoms with Crippen LogP contribution in [0, 0.1) is 6.92 Å². The molecule has 1 aliphatic rings. The van der Waals surface area contributed by atoms with Gasteiger partial charge in [0.2, 0.25) is 0 Å². The van der Waals surface area contributed by atoms with Gasteiger partial charge < -0.3 is 0 Å². The highest BCUT2D eigenvalue weighted by molar-refractivity contribution is 5.27. The van der Waals surface area contributed by atoms with Crippen LogP contribution in [-0.4, -0.2) is 10.2 Å². The molecule has 0 saturated carbocycles. The van der Waals surface area contributed by atoms with Crippen molar-refractivity contribution in [2.75, 3.05) is 0 Å². The molecule has 0 saturated heterocycles. The van der Waals surface area contributed by atoms with E-state index in [1.165, 1.54) is 24.8 Å². The van der Waals surface area contributed by atoms with E-state index in [1.54, 1.807) is 0 Å². The molecule has 1 N–H and O–H groups in total. The van der Waals surface area contributed by atoms with Gasteiger partial charge in [-0.25, -0.2) is 5.10 Å². The maximum atomic E-state index is 11.3. The quantitative estimate of drug-likeness (QED) is 0.609. The molecule has 0 spiro atoms. The normalized spacial score (nSPS) is 16.4. The number of hydrogen-bond donors (Lipinski definition) is 1. The van der Waals surface area contributed by atoms with Crippen LogP contribution in [0.25, 0.3) is 0 Å². The highest BCUT2D eigenvalue weighted by atomic mass is 16.1. The number of nitrogens with one attached hydrogen (secondary N) is 1. The van der Waals surface area contributed by atoms with Crippen molar-refractivity contribution in [2.24, 2.45) is 0 Å². The first-order chi connectivity index (χ1) is 6.29. The van der Waals surface area contributed by atoms with Crippen LogP contribution in [0.2, 0.25) is 0 Å². The molecule has 0 fully saturated rings. The Bertz CT molecular complexity index is 368. The molecular weight excluding hydrogens is 164 g/mol. The lowest BCUT2D eigenvalue weighted by molar-refractivity contribution is 0.706. The summed E-state index contributed by atoms with van der Waals surface area (Å²) in [5.41, 5.74) is 3.14. The molecule has 0 aliphatic heterocycles. The van der Waals surface area contributed by atoms with Gasteiger partial charge in [-0.1, -0.05) is 6.42 Å². The minimum absolute atomic E-state index is 0.0272. The molecule has 3 nitrogen and oxygen atoms in total. The van der Waals surface area contributed by atoms with Crippen LogP contribution >= 0.6 is 0 Å². The van der Waals surface area contributed by atoms with Crippen LogP contribution in [0.15, 0.2) is 4.79 Å². The van der Waals surface area contributed by atoms with E-state index >= 15 is 0 Å². The van der Waals surface area contributed by atoms with E-state index in [9.17, 15) is 4.79 Å². The van der Waals surface area contributed by atoms with Crippen molar-refractivity contribution < 1.29 is 0 Å². The lowest BCUT2D eigenvalue weighted by Gasteiger charge is -2.05. The van der Waals surface area contributed by atoms with Crippen molar-refractivity contribution in [3.63, 3.8) is 0 Å². The van der Waals surface area contributed by atoms with E-state index in [2.05, 4.69) is 10.2 Å². The van der Waals surface area contributed by atoms with Crippen LogP contribution in [0.1, 0.15) is 36.1 Å². The van der Waals surface area contributed by atoms with Gasteiger partial charge in [-0.3, -0.25) is 4.79 Å². The Kier molecular flexibility index (Phi) is 2.17. The summed E-state index contributed by atoms with van der Waals surface area (Å²) in [6.45, 7) is 1.89. The molecule has 3 heteroatoms. The van der Waals surface area contributed by atoms with Crippen molar-refractivity contribution in [3.8, 4) is 0 Å². The summed E-state index contributed by atoms with van der Waals surface area (Å²) in [4.78, 5) is 11.3. The van der Waals surface area contributed by atoms with Gasteiger partial charge in [0.15, 0.2) is 0 Å². The van der Waals surface area contributed by atoms with E-state index < -0.39 is 0 Å². The number of H-pyrrole nitrogens is 1. The summed E-state index contributed by atoms with van der Waals surface area (Å²) < 4.78 is 0. The summed E-state index contributed by atoms with van der Waals surface area (Å²) in [6, 6.07) is 0. The Morgan fingerprint density at radius 3 is 2.85 bits per heavy atom. The van der Waals surface area contributed by atoms with E-state index in [1.807, 2.05) is 6.92 Å². The van der Waals surface area contributed by atoms with Crippen molar-refractivity contribution in [1.82, 2.24) is 10.2 Å². The largest absolute Gasteiger partial charge is 0.268 e. The van der Waals surface area contributed by atoms with E-state index in [0.29, 0.717) is 0 Å². The van der Waals surface area contributed by atoms with E-state index in [4.69, 9.17) is 0 Å². The molecule has 0 amide bonds. The average Bonchev–Trinajstić information content (AvgIpc) is 2.36. The first-order valence-electron chi connectivity index (χ1n) is 4.86. The predicted octanol–water partition coefficient (Wildman–Crippen LogP) is 1.35. The zero-order valence-electron chi connectivity index (χ0n) is 7.89. The van der Waals surface area contributed by atoms with Crippen LogP contribution in [0.3, 0.4) is 0 Å². The second-order valence-corrected chi connectivity index (χ2v) is 3.66. The maximum absolute atomic E-state index is 11.3. The van der Waals surface area contributed by atoms with Crippen LogP contribution in [0.5, 0.6) is 0 Å². The fraction of sp³-hybridized carbons (Fsp3) is 0.600. The van der Waals surface area contributed by atoms with Crippen molar-refractivity contribution in [1.29, 1.82) is 0 Å². The van der Waals surface area contributed by atoms with Gasteiger partial charge in [0.25, 0.3) is 5.56 Å². The van der Waals surface area contributed by atoms with Gasteiger partial charge in [0, 0.05) is 5.56 Å². The summed E-state index contributed by atoms with van der Waals surface area (Å²) in [5.74, 6) is 0. The molecule has 0 atom stereocenters. The van der Waals surface area contributed by atoms with Crippen LogP contribution in [0.4, 0.5) is 0 Å². The van der Waals surface area contributed by atoms with Gasteiger partial charge in [0.1, 0.15) is 0 Å². The van der Waals surface area contributed by atoms with Gasteiger partial charge in [-0.2, -0.15) is 5.10 Å². The Morgan fingerprint density at radius 1 is 1.23 bits per heavy atom. The SMILES string of the molecule is Cc1c2c(n[nH]c1=O)CCCCC2. The fourth-order valence-electron chi connectivity index (χ4n) is 1.93. The number of aromatic amines is 1. The number of hydrogen-bond acceptors (Lipinski definition) is 2. The number of aromatic nitrogens is 2. The topological polar surface area (TPSA) is 45.8 Å². The Balaban J connectivity index is 2.54. The average molecular weight is 178 g/mol. The molecule has 2 rings (SSSR count). The molecule has 1 aromatic rings. The molecule has 1 heterocycles. The highest BCUT2D eigenvalue weighted by Gasteiger charge is 2.12. The second kappa shape index (κ2) is 3.32. The third-order valence-corrected chi connectivity index (χ3v) is 2.77. The van der Waals surface area contributed by atoms with E-state index in [0.717, 1.165) is 24.1 Å². The Morgan fingerprint density at radius 2 is 2.00 bits per heavy atom. The van der Waals surface area contributed by atoms with Gasteiger partial charge in [0.05, 0.1) is 5.69 Å². The van der Waals surface area contributed by atoms with Gasteiger partial charge in [-0.15, -0.1) is 0 Å².